The number of rotatable bonds is 7. The van der Waals surface area contributed by atoms with Crippen molar-refractivity contribution in [3.05, 3.63) is 35.0 Å². The molecule has 2 aromatic rings. The Morgan fingerprint density at radius 3 is 2.89 bits per heavy atom. The number of nitrogens with one attached hydrogen (secondary N) is 2. The molecule has 2 rings (SSSR count). The first-order valence-electron chi connectivity index (χ1n) is 6.64. The topological polar surface area (TPSA) is 49.8 Å². The smallest absolute Gasteiger partial charge is 0.182 e. The molecule has 0 atom stereocenters. The molecule has 2 heterocycles. The fourth-order valence-corrected chi connectivity index (χ4v) is 2.53. The van der Waals surface area contributed by atoms with E-state index in [4.69, 9.17) is 0 Å². The second-order valence-electron chi connectivity index (χ2n) is 4.32. The Balaban J connectivity index is 1.91. The maximum Gasteiger partial charge on any atom is 0.182 e. The van der Waals surface area contributed by atoms with Gasteiger partial charge in [0.25, 0.3) is 0 Å². The summed E-state index contributed by atoms with van der Waals surface area (Å²) in [5, 5.41) is 7.35. The van der Waals surface area contributed by atoms with Crippen molar-refractivity contribution in [1.29, 1.82) is 0 Å². The predicted octanol–water partition coefficient (Wildman–Crippen LogP) is 3.19. The maximum atomic E-state index is 4.61. The van der Waals surface area contributed by atoms with E-state index in [1.54, 1.807) is 11.3 Å². The zero-order chi connectivity index (χ0) is 13.5. The minimum atomic E-state index is 0.951. The van der Waals surface area contributed by atoms with Gasteiger partial charge in [-0.05, 0) is 31.4 Å². The van der Waals surface area contributed by atoms with Crippen LogP contribution in [0.2, 0.25) is 0 Å². The van der Waals surface area contributed by atoms with Crippen molar-refractivity contribution in [2.24, 2.45) is 0 Å². The van der Waals surface area contributed by atoms with Gasteiger partial charge in [-0.25, -0.2) is 9.97 Å². The minimum Gasteiger partial charge on any atom is -0.370 e. The average molecular weight is 276 g/mol. The lowest BCUT2D eigenvalue weighted by molar-refractivity contribution is 0.914. The van der Waals surface area contributed by atoms with Gasteiger partial charge in [-0.3, -0.25) is 0 Å². The molecule has 0 aromatic carbocycles. The molecule has 0 unspecified atom stereocenters. The molecule has 0 saturated carbocycles. The summed E-state index contributed by atoms with van der Waals surface area (Å²) in [6.45, 7) is 3.12. The number of aryl methyl sites for hydroxylation is 2. The molecule has 5 heteroatoms. The number of pyridine rings is 1. The van der Waals surface area contributed by atoms with E-state index in [-0.39, 0.29) is 0 Å². The molecule has 2 N–H and O–H groups in total. The Kier molecular flexibility index (Phi) is 5.15. The van der Waals surface area contributed by atoms with Gasteiger partial charge in [0.1, 0.15) is 5.82 Å². The molecule has 0 saturated heterocycles. The average Bonchev–Trinajstić information content (AvgIpc) is 2.91. The molecule has 0 aliphatic rings. The Bertz CT molecular complexity index is 510. The van der Waals surface area contributed by atoms with E-state index < -0.39 is 0 Å². The first-order chi connectivity index (χ1) is 9.31. The molecule has 102 valence electrons. The summed E-state index contributed by atoms with van der Waals surface area (Å²) < 4.78 is 0. The molecule has 0 radical (unpaired) electrons. The Morgan fingerprint density at radius 1 is 1.26 bits per heavy atom. The predicted molar refractivity (Wildman–Crippen MR) is 82.1 cm³/mol. The zero-order valence-electron chi connectivity index (χ0n) is 11.4. The van der Waals surface area contributed by atoms with Gasteiger partial charge < -0.3 is 10.6 Å². The van der Waals surface area contributed by atoms with Crippen LogP contribution >= 0.6 is 11.3 Å². The third-order valence-corrected chi connectivity index (χ3v) is 3.83. The zero-order valence-corrected chi connectivity index (χ0v) is 12.3. The van der Waals surface area contributed by atoms with Crippen LogP contribution in [0.4, 0.5) is 10.9 Å². The normalized spacial score (nSPS) is 10.4. The van der Waals surface area contributed by atoms with Crippen molar-refractivity contribution < 1.29 is 0 Å². The summed E-state index contributed by atoms with van der Waals surface area (Å²) in [6, 6.07) is 6.16. The highest BCUT2D eigenvalue weighted by Gasteiger charge is 2.02. The number of hydrogen-bond acceptors (Lipinski definition) is 5. The van der Waals surface area contributed by atoms with Gasteiger partial charge in [0, 0.05) is 30.4 Å². The van der Waals surface area contributed by atoms with E-state index in [0.717, 1.165) is 42.5 Å². The number of hydrogen-bond donors (Lipinski definition) is 2. The van der Waals surface area contributed by atoms with Crippen LogP contribution < -0.4 is 10.6 Å². The van der Waals surface area contributed by atoms with Crippen molar-refractivity contribution in [3.63, 3.8) is 0 Å². The maximum absolute atomic E-state index is 4.61. The minimum absolute atomic E-state index is 0.951. The van der Waals surface area contributed by atoms with Gasteiger partial charge in [-0.1, -0.05) is 13.0 Å². The van der Waals surface area contributed by atoms with E-state index in [0.29, 0.717) is 0 Å². The quantitative estimate of drug-likeness (QED) is 0.815. The summed E-state index contributed by atoms with van der Waals surface area (Å²) in [5.74, 6) is 0.972. The monoisotopic (exact) mass is 276 g/mol. The molecule has 0 spiro atoms. The Hall–Kier alpha value is -1.62. The van der Waals surface area contributed by atoms with Crippen molar-refractivity contribution in [3.8, 4) is 0 Å². The van der Waals surface area contributed by atoms with Crippen molar-refractivity contribution in [2.75, 3.05) is 24.2 Å². The lowest BCUT2D eigenvalue weighted by Crippen LogP contribution is -2.03. The number of aromatic nitrogens is 2. The van der Waals surface area contributed by atoms with Crippen LogP contribution in [0.15, 0.2) is 24.4 Å². The molecule has 0 bridgehead atoms. The first kappa shape index (κ1) is 13.8. The highest BCUT2D eigenvalue weighted by Crippen LogP contribution is 2.19. The Morgan fingerprint density at radius 2 is 2.16 bits per heavy atom. The summed E-state index contributed by atoms with van der Waals surface area (Å²) in [7, 11) is 1.90. The second kappa shape index (κ2) is 7.09. The largest absolute Gasteiger partial charge is 0.370 e. The SMILES string of the molecule is CCCNc1cccc(CCc2cnc(NC)s2)n1. The van der Waals surface area contributed by atoms with Crippen LogP contribution in [-0.2, 0) is 12.8 Å². The van der Waals surface area contributed by atoms with E-state index >= 15 is 0 Å². The first-order valence-corrected chi connectivity index (χ1v) is 7.45. The molecule has 0 fully saturated rings. The number of thiazole rings is 1. The number of nitrogens with zero attached hydrogens (tertiary/aromatic N) is 2. The van der Waals surface area contributed by atoms with E-state index in [9.17, 15) is 0 Å². The summed E-state index contributed by atoms with van der Waals surface area (Å²) in [5.41, 5.74) is 1.13. The summed E-state index contributed by atoms with van der Waals surface area (Å²) in [4.78, 5) is 10.2. The highest BCUT2D eigenvalue weighted by molar-refractivity contribution is 7.15. The van der Waals surface area contributed by atoms with Crippen molar-refractivity contribution in [2.45, 2.75) is 26.2 Å². The molecule has 2 aromatic heterocycles. The lowest BCUT2D eigenvalue weighted by Gasteiger charge is -2.05. The Labute approximate surface area is 118 Å². The van der Waals surface area contributed by atoms with Crippen LogP contribution in [-0.4, -0.2) is 23.6 Å². The fraction of sp³-hybridized carbons (Fsp3) is 0.429. The number of anilines is 2. The third-order valence-electron chi connectivity index (χ3n) is 2.76. The van der Waals surface area contributed by atoms with E-state index in [1.165, 1.54) is 4.88 Å². The molecular weight excluding hydrogens is 256 g/mol. The highest BCUT2D eigenvalue weighted by atomic mass is 32.1. The van der Waals surface area contributed by atoms with Gasteiger partial charge in [0.2, 0.25) is 0 Å². The molecule has 0 aliphatic carbocycles. The van der Waals surface area contributed by atoms with E-state index in [2.05, 4.69) is 39.7 Å². The van der Waals surface area contributed by atoms with Crippen molar-refractivity contribution >= 4 is 22.3 Å². The molecule has 0 aliphatic heterocycles. The summed E-state index contributed by atoms with van der Waals surface area (Å²) in [6.07, 6.45) is 4.99. The molecule has 4 nitrogen and oxygen atoms in total. The van der Waals surface area contributed by atoms with Gasteiger partial charge in [0.05, 0.1) is 0 Å². The molecule has 0 amide bonds. The second-order valence-corrected chi connectivity index (χ2v) is 5.44. The van der Waals surface area contributed by atoms with Gasteiger partial charge in [-0.2, -0.15) is 0 Å². The standard InChI is InChI=1S/C14H20N4S/c1-3-9-16-13-6-4-5-11(18-13)7-8-12-10-17-14(15-2)19-12/h4-6,10H,3,7-9H2,1-2H3,(H,15,17)(H,16,18). The van der Waals surface area contributed by atoms with Gasteiger partial charge in [-0.15, -0.1) is 11.3 Å². The van der Waals surface area contributed by atoms with Crippen LogP contribution in [0.1, 0.15) is 23.9 Å². The molecular formula is C14H20N4S. The van der Waals surface area contributed by atoms with Crippen LogP contribution in [0.3, 0.4) is 0 Å². The van der Waals surface area contributed by atoms with Gasteiger partial charge >= 0.3 is 0 Å². The third kappa shape index (κ3) is 4.21. The summed E-state index contributed by atoms with van der Waals surface area (Å²) >= 11 is 1.70. The lowest BCUT2D eigenvalue weighted by atomic mass is 10.2. The molecule has 19 heavy (non-hydrogen) atoms. The van der Waals surface area contributed by atoms with Crippen LogP contribution in [0.25, 0.3) is 0 Å². The van der Waals surface area contributed by atoms with Gasteiger partial charge in [0.15, 0.2) is 5.13 Å². The van der Waals surface area contributed by atoms with Crippen LogP contribution in [0.5, 0.6) is 0 Å². The van der Waals surface area contributed by atoms with Crippen molar-refractivity contribution in [1.82, 2.24) is 9.97 Å². The fourth-order valence-electron chi connectivity index (χ4n) is 1.76. The van der Waals surface area contributed by atoms with Crippen LogP contribution in [0, 0.1) is 0 Å². The van der Waals surface area contributed by atoms with E-state index in [1.807, 2.05) is 19.3 Å².